The molecular formula is C13H16N4O2S. The van der Waals surface area contributed by atoms with Gasteiger partial charge in [-0.05, 0) is 12.8 Å². The monoisotopic (exact) mass is 292 g/mol. The number of hydrogen-bond donors (Lipinski definition) is 2. The SMILES string of the molecule is CC(C)(C)c1nc(=S)c2c(=O)[nH]c(=O)n(C3CC3)c2[nH]1. The van der Waals surface area contributed by atoms with Crippen molar-refractivity contribution in [2.75, 3.05) is 0 Å². The van der Waals surface area contributed by atoms with E-state index in [1.54, 1.807) is 4.57 Å². The van der Waals surface area contributed by atoms with E-state index in [1.165, 1.54) is 0 Å². The highest BCUT2D eigenvalue weighted by Gasteiger charge is 2.28. The smallest absolute Gasteiger partial charge is 0.328 e. The van der Waals surface area contributed by atoms with Crippen LogP contribution in [0.25, 0.3) is 11.0 Å². The highest BCUT2D eigenvalue weighted by Crippen LogP contribution is 2.35. The number of hydrogen-bond acceptors (Lipinski definition) is 4. The third-order valence-corrected chi connectivity index (χ3v) is 3.73. The number of H-pyrrole nitrogens is 2. The molecule has 1 aliphatic rings. The Bertz CT molecular complexity index is 865. The molecule has 0 unspecified atom stereocenters. The van der Waals surface area contributed by atoms with E-state index in [1.807, 2.05) is 20.8 Å². The van der Waals surface area contributed by atoms with Gasteiger partial charge in [-0.1, -0.05) is 33.0 Å². The van der Waals surface area contributed by atoms with Crippen molar-refractivity contribution < 1.29 is 0 Å². The summed E-state index contributed by atoms with van der Waals surface area (Å²) >= 11 is 5.24. The highest BCUT2D eigenvalue weighted by atomic mass is 32.1. The molecule has 0 bridgehead atoms. The molecule has 0 aromatic carbocycles. The third-order valence-electron chi connectivity index (χ3n) is 3.43. The van der Waals surface area contributed by atoms with Gasteiger partial charge < -0.3 is 4.98 Å². The van der Waals surface area contributed by atoms with Crippen LogP contribution in [-0.2, 0) is 5.41 Å². The van der Waals surface area contributed by atoms with Crippen molar-refractivity contribution in [1.82, 2.24) is 19.5 Å². The largest absolute Gasteiger partial charge is 0.330 e. The van der Waals surface area contributed by atoms with E-state index < -0.39 is 5.56 Å². The zero-order valence-electron chi connectivity index (χ0n) is 11.6. The van der Waals surface area contributed by atoms with Gasteiger partial charge in [-0.15, -0.1) is 0 Å². The van der Waals surface area contributed by atoms with Crippen LogP contribution in [0.1, 0.15) is 45.5 Å². The minimum atomic E-state index is -0.476. The minimum Gasteiger partial charge on any atom is -0.328 e. The summed E-state index contributed by atoms with van der Waals surface area (Å²) in [6, 6.07) is 0.141. The molecule has 106 valence electrons. The molecule has 1 aliphatic carbocycles. The zero-order chi connectivity index (χ0) is 14.7. The maximum atomic E-state index is 12.0. The summed E-state index contributed by atoms with van der Waals surface area (Å²) in [5, 5.41) is 0.291. The van der Waals surface area contributed by atoms with Crippen molar-refractivity contribution >= 4 is 23.3 Å². The van der Waals surface area contributed by atoms with Gasteiger partial charge in [0.1, 0.15) is 21.5 Å². The third kappa shape index (κ3) is 2.02. The van der Waals surface area contributed by atoms with Gasteiger partial charge >= 0.3 is 5.69 Å². The Balaban J connectivity index is 2.50. The maximum absolute atomic E-state index is 12.0. The molecule has 0 spiro atoms. The predicted molar refractivity (Wildman–Crippen MR) is 78.8 cm³/mol. The lowest BCUT2D eigenvalue weighted by molar-refractivity contribution is 0.543. The van der Waals surface area contributed by atoms with E-state index in [9.17, 15) is 9.59 Å². The summed E-state index contributed by atoms with van der Waals surface area (Å²) in [4.78, 5) is 33.8. The van der Waals surface area contributed by atoms with Crippen LogP contribution in [0, 0.1) is 4.64 Å². The molecule has 0 aliphatic heterocycles. The molecule has 0 atom stereocenters. The summed E-state index contributed by atoms with van der Waals surface area (Å²) in [5.41, 5.74) is -0.613. The molecule has 0 saturated heterocycles. The molecule has 6 nitrogen and oxygen atoms in total. The standard InChI is InChI=1S/C13H16N4O2S/c1-13(2,3)11-14-8-7(10(20)16-11)9(18)15-12(19)17(8)6-4-5-6/h6H,4-5H2,1-3H3,(H,14,16,20)(H,15,18,19). The number of fused-ring (bicyclic) bond motifs is 1. The van der Waals surface area contributed by atoms with E-state index >= 15 is 0 Å². The Morgan fingerprint density at radius 1 is 1.25 bits per heavy atom. The van der Waals surface area contributed by atoms with Crippen LogP contribution in [0.3, 0.4) is 0 Å². The van der Waals surface area contributed by atoms with Crippen LogP contribution in [0.15, 0.2) is 9.59 Å². The molecule has 2 heterocycles. The van der Waals surface area contributed by atoms with Crippen LogP contribution in [0.4, 0.5) is 0 Å². The Morgan fingerprint density at radius 2 is 1.90 bits per heavy atom. The quantitative estimate of drug-likeness (QED) is 0.785. The van der Waals surface area contributed by atoms with Gasteiger partial charge in [0.2, 0.25) is 0 Å². The fraction of sp³-hybridized carbons (Fsp3) is 0.538. The topological polar surface area (TPSA) is 83.5 Å². The molecule has 2 aromatic heterocycles. The lowest BCUT2D eigenvalue weighted by Crippen LogP contribution is -2.31. The van der Waals surface area contributed by atoms with E-state index in [2.05, 4.69) is 15.0 Å². The average molecular weight is 292 g/mol. The van der Waals surface area contributed by atoms with Crippen molar-refractivity contribution in [3.05, 3.63) is 31.3 Å². The van der Waals surface area contributed by atoms with Crippen LogP contribution < -0.4 is 11.2 Å². The lowest BCUT2D eigenvalue weighted by atomic mass is 9.96. The first-order chi connectivity index (χ1) is 9.29. The molecule has 7 heteroatoms. The molecule has 2 N–H and O–H groups in total. The number of nitrogens with zero attached hydrogens (tertiary/aromatic N) is 2. The summed E-state index contributed by atoms with van der Waals surface area (Å²) in [6.45, 7) is 6.00. The summed E-state index contributed by atoms with van der Waals surface area (Å²) < 4.78 is 1.84. The number of aromatic nitrogens is 4. The molecule has 1 fully saturated rings. The first-order valence-corrected chi connectivity index (χ1v) is 6.99. The van der Waals surface area contributed by atoms with Gasteiger partial charge in [0, 0.05) is 11.5 Å². The van der Waals surface area contributed by atoms with Crippen molar-refractivity contribution in [2.24, 2.45) is 0 Å². The van der Waals surface area contributed by atoms with Crippen molar-refractivity contribution in [3.8, 4) is 0 Å². The van der Waals surface area contributed by atoms with Crippen LogP contribution in [0.5, 0.6) is 0 Å². The lowest BCUT2D eigenvalue weighted by Gasteiger charge is -2.19. The predicted octanol–water partition coefficient (Wildman–Crippen LogP) is 1.77. The van der Waals surface area contributed by atoms with Gasteiger partial charge in [0.05, 0.1) is 0 Å². The van der Waals surface area contributed by atoms with Crippen LogP contribution in [-0.4, -0.2) is 19.5 Å². The summed E-state index contributed by atoms with van der Waals surface area (Å²) in [7, 11) is 0. The van der Waals surface area contributed by atoms with Gasteiger partial charge in [-0.2, -0.15) is 0 Å². The Kier molecular flexibility index (Phi) is 2.72. The molecule has 2 aromatic rings. The molecular weight excluding hydrogens is 276 g/mol. The molecule has 3 rings (SSSR count). The van der Waals surface area contributed by atoms with Crippen LogP contribution >= 0.6 is 12.2 Å². The van der Waals surface area contributed by atoms with Crippen molar-refractivity contribution in [3.63, 3.8) is 0 Å². The Hall–Kier alpha value is -1.76. The first-order valence-electron chi connectivity index (χ1n) is 6.58. The number of aromatic amines is 2. The van der Waals surface area contributed by atoms with E-state index in [0.717, 1.165) is 12.8 Å². The fourth-order valence-electron chi connectivity index (χ4n) is 2.20. The fourth-order valence-corrected chi connectivity index (χ4v) is 2.49. The summed E-state index contributed by atoms with van der Waals surface area (Å²) in [5.74, 6) is 0.675. The number of nitrogens with one attached hydrogen (secondary N) is 2. The molecule has 0 amide bonds. The number of rotatable bonds is 1. The zero-order valence-corrected chi connectivity index (χ0v) is 12.4. The Morgan fingerprint density at radius 3 is 2.45 bits per heavy atom. The van der Waals surface area contributed by atoms with E-state index in [4.69, 9.17) is 12.2 Å². The second-order valence-corrected chi connectivity index (χ2v) is 6.61. The molecule has 20 heavy (non-hydrogen) atoms. The normalized spacial score (nSPS) is 15.8. The van der Waals surface area contributed by atoms with Gasteiger partial charge in [0.25, 0.3) is 5.56 Å². The second-order valence-electron chi connectivity index (χ2n) is 6.22. The van der Waals surface area contributed by atoms with Crippen molar-refractivity contribution in [1.29, 1.82) is 0 Å². The molecule has 1 saturated carbocycles. The van der Waals surface area contributed by atoms with Gasteiger partial charge in [-0.25, -0.2) is 9.78 Å². The van der Waals surface area contributed by atoms with Gasteiger partial charge in [-0.3, -0.25) is 14.3 Å². The van der Waals surface area contributed by atoms with Crippen LogP contribution in [0.2, 0.25) is 0 Å². The van der Waals surface area contributed by atoms with E-state index in [-0.39, 0.29) is 21.8 Å². The van der Waals surface area contributed by atoms with Gasteiger partial charge in [0.15, 0.2) is 0 Å². The minimum absolute atomic E-state index is 0.141. The molecule has 0 radical (unpaired) electrons. The highest BCUT2D eigenvalue weighted by molar-refractivity contribution is 7.71. The summed E-state index contributed by atoms with van der Waals surface area (Å²) in [6.07, 6.45) is 1.88. The van der Waals surface area contributed by atoms with E-state index in [0.29, 0.717) is 16.9 Å². The maximum Gasteiger partial charge on any atom is 0.330 e. The van der Waals surface area contributed by atoms with Crippen molar-refractivity contribution in [2.45, 2.75) is 45.1 Å². The average Bonchev–Trinajstić information content (AvgIpc) is 3.10. The first kappa shape index (κ1) is 13.2. The Labute approximate surface area is 119 Å². The second kappa shape index (κ2) is 4.12.